The van der Waals surface area contributed by atoms with Gasteiger partial charge >= 0.3 is 5.97 Å². The van der Waals surface area contributed by atoms with E-state index in [1.165, 1.54) is 0 Å². The van der Waals surface area contributed by atoms with E-state index in [-0.39, 0.29) is 5.70 Å². The minimum atomic E-state index is -1.89. The van der Waals surface area contributed by atoms with Crippen LogP contribution in [0.1, 0.15) is 16.7 Å². The van der Waals surface area contributed by atoms with Crippen molar-refractivity contribution in [2.75, 3.05) is 12.4 Å². The number of anilines is 1. The zero-order valence-electron chi connectivity index (χ0n) is 15.3. The minimum absolute atomic E-state index is 0.226. The number of carbonyl (C=O) groups excluding carboxylic acids is 1. The molecule has 28 heavy (non-hydrogen) atoms. The summed E-state index contributed by atoms with van der Waals surface area (Å²) in [5.41, 5.74) is 2.56. The molecule has 3 aromatic rings. The van der Waals surface area contributed by atoms with Crippen LogP contribution in [0.25, 0.3) is 6.08 Å². The SMILES string of the molecule is COc1ccc(/C=C2/Nc3ccccc3C(O)(c3ccccc3)OC2=O)cc1. The predicted octanol–water partition coefficient (Wildman–Crippen LogP) is 3.90. The lowest BCUT2D eigenvalue weighted by Gasteiger charge is -2.27. The van der Waals surface area contributed by atoms with Crippen molar-refractivity contribution in [3.8, 4) is 5.75 Å². The maximum atomic E-state index is 12.9. The molecule has 1 aliphatic heterocycles. The van der Waals surface area contributed by atoms with Crippen molar-refractivity contribution in [3.05, 3.63) is 101 Å². The van der Waals surface area contributed by atoms with Gasteiger partial charge in [0.2, 0.25) is 0 Å². The van der Waals surface area contributed by atoms with Gasteiger partial charge in [0.1, 0.15) is 11.4 Å². The first kappa shape index (κ1) is 17.8. The van der Waals surface area contributed by atoms with Gasteiger partial charge in [-0.2, -0.15) is 0 Å². The molecule has 1 atom stereocenters. The third-order valence-corrected chi connectivity index (χ3v) is 4.61. The highest BCUT2D eigenvalue weighted by molar-refractivity contribution is 5.98. The number of carbonyl (C=O) groups is 1. The molecule has 0 saturated carbocycles. The fourth-order valence-corrected chi connectivity index (χ4v) is 3.17. The molecule has 1 aliphatic rings. The summed E-state index contributed by atoms with van der Waals surface area (Å²) in [4.78, 5) is 12.9. The standard InChI is InChI=1S/C23H19NO4/c1-27-18-13-11-16(12-14-18)15-21-22(25)28-23(26,17-7-3-2-4-8-17)19-9-5-6-10-20(19)24-21/h2-15,24,26H,1H3/b21-15+. The van der Waals surface area contributed by atoms with E-state index < -0.39 is 11.8 Å². The molecule has 0 aliphatic carbocycles. The first-order valence-electron chi connectivity index (χ1n) is 8.84. The molecule has 140 valence electrons. The van der Waals surface area contributed by atoms with Gasteiger partial charge in [0.25, 0.3) is 5.79 Å². The average Bonchev–Trinajstić information content (AvgIpc) is 2.84. The van der Waals surface area contributed by atoms with Crippen molar-refractivity contribution < 1.29 is 19.4 Å². The van der Waals surface area contributed by atoms with Crippen molar-refractivity contribution in [1.82, 2.24) is 0 Å². The molecule has 5 nitrogen and oxygen atoms in total. The lowest BCUT2D eigenvalue weighted by molar-refractivity contribution is -0.191. The van der Waals surface area contributed by atoms with Gasteiger partial charge in [0, 0.05) is 11.3 Å². The normalized spacial score (nSPS) is 19.9. The highest BCUT2D eigenvalue weighted by atomic mass is 16.7. The number of fused-ring (bicyclic) bond motifs is 1. The summed E-state index contributed by atoms with van der Waals surface area (Å²) in [6.07, 6.45) is 1.68. The maximum absolute atomic E-state index is 12.9. The monoisotopic (exact) mass is 373 g/mol. The summed E-state index contributed by atoms with van der Waals surface area (Å²) < 4.78 is 10.8. The summed E-state index contributed by atoms with van der Waals surface area (Å²) >= 11 is 0. The molecule has 1 heterocycles. The fraction of sp³-hybridized carbons (Fsp3) is 0.0870. The summed E-state index contributed by atoms with van der Waals surface area (Å²) in [5, 5.41) is 14.5. The van der Waals surface area contributed by atoms with Gasteiger partial charge in [-0.3, -0.25) is 0 Å². The molecule has 3 aromatic carbocycles. The first-order valence-corrected chi connectivity index (χ1v) is 8.84. The largest absolute Gasteiger partial charge is 0.497 e. The number of esters is 1. The van der Waals surface area contributed by atoms with Crippen molar-refractivity contribution in [2.24, 2.45) is 0 Å². The van der Waals surface area contributed by atoms with Crippen LogP contribution in [0.15, 0.2) is 84.6 Å². The molecule has 0 fully saturated rings. The van der Waals surface area contributed by atoms with Gasteiger partial charge in [-0.1, -0.05) is 54.6 Å². The summed E-state index contributed by atoms with van der Waals surface area (Å²) in [5.74, 6) is -1.82. The summed E-state index contributed by atoms with van der Waals surface area (Å²) in [7, 11) is 1.60. The molecule has 0 bridgehead atoms. The van der Waals surface area contributed by atoms with E-state index in [1.54, 1.807) is 55.7 Å². The second-order valence-electron chi connectivity index (χ2n) is 6.40. The summed E-state index contributed by atoms with van der Waals surface area (Å²) in [6.45, 7) is 0. The van der Waals surface area contributed by atoms with Crippen molar-refractivity contribution in [3.63, 3.8) is 0 Å². The molecule has 0 amide bonds. The van der Waals surface area contributed by atoms with E-state index in [4.69, 9.17) is 9.47 Å². The van der Waals surface area contributed by atoms with Crippen LogP contribution in [0.4, 0.5) is 5.69 Å². The van der Waals surface area contributed by atoms with Crippen LogP contribution in [-0.2, 0) is 15.3 Å². The van der Waals surface area contributed by atoms with Crippen LogP contribution in [0.5, 0.6) is 5.75 Å². The van der Waals surface area contributed by atoms with Crippen LogP contribution < -0.4 is 10.1 Å². The number of rotatable bonds is 3. The number of aliphatic hydroxyl groups is 1. The van der Waals surface area contributed by atoms with E-state index in [0.717, 1.165) is 11.3 Å². The molecule has 5 heteroatoms. The van der Waals surface area contributed by atoms with E-state index in [1.807, 2.05) is 36.4 Å². The van der Waals surface area contributed by atoms with Crippen molar-refractivity contribution in [1.29, 1.82) is 0 Å². The third-order valence-electron chi connectivity index (χ3n) is 4.61. The highest BCUT2D eigenvalue weighted by Gasteiger charge is 2.41. The van der Waals surface area contributed by atoms with Crippen LogP contribution in [0, 0.1) is 0 Å². The van der Waals surface area contributed by atoms with Gasteiger partial charge in [-0.25, -0.2) is 4.79 Å². The zero-order chi connectivity index (χ0) is 19.6. The lowest BCUT2D eigenvalue weighted by atomic mass is 9.96. The van der Waals surface area contributed by atoms with E-state index in [2.05, 4.69) is 5.32 Å². The molecule has 0 radical (unpaired) electrons. The zero-order valence-corrected chi connectivity index (χ0v) is 15.3. The fourth-order valence-electron chi connectivity index (χ4n) is 3.17. The molecule has 0 spiro atoms. The van der Waals surface area contributed by atoms with Crippen LogP contribution in [0.3, 0.4) is 0 Å². The molecule has 0 aromatic heterocycles. The molecule has 0 saturated heterocycles. The van der Waals surface area contributed by atoms with E-state index in [9.17, 15) is 9.90 Å². The number of benzene rings is 3. The van der Waals surface area contributed by atoms with E-state index in [0.29, 0.717) is 16.8 Å². The van der Waals surface area contributed by atoms with Crippen molar-refractivity contribution in [2.45, 2.75) is 5.79 Å². The van der Waals surface area contributed by atoms with Gasteiger partial charge < -0.3 is 19.9 Å². The lowest BCUT2D eigenvalue weighted by Crippen LogP contribution is -2.32. The van der Waals surface area contributed by atoms with Crippen LogP contribution >= 0.6 is 0 Å². The average molecular weight is 373 g/mol. The predicted molar refractivity (Wildman–Crippen MR) is 107 cm³/mol. The van der Waals surface area contributed by atoms with Crippen molar-refractivity contribution >= 4 is 17.7 Å². The third kappa shape index (κ3) is 3.23. The molecule has 2 N–H and O–H groups in total. The smallest absolute Gasteiger partial charge is 0.357 e. The number of hydrogen-bond acceptors (Lipinski definition) is 5. The number of para-hydroxylation sites is 1. The van der Waals surface area contributed by atoms with Crippen LogP contribution in [0.2, 0.25) is 0 Å². The maximum Gasteiger partial charge on any atom is 0.357 e. The Kier molecular flexibility index (Phi) is 4.59. The van der Waals surface area contributed by atoms with E-state index >= 15 is 0 Å². The Morgan fingerprint density at radius 3 is 2.36 bits per heavy atom. The number of methoxy groups -OCH3 is 1. The quantitative estimate of drug-likeness (QED) is 0.538. The highest BCUT2D eigenvalue weighted by Crippen LogP contribution is 2.39. The number of ether oxygens (including phenoxy) is 2. The van der Waals surface area contributed by atoms with Gasteiger partial charge in [-0.15, -0.1) is 0 Å². The van der Waals surface area contributed by atoms with Gasteiger partial charge in [0.15, 0.2) is 0 Å². The minimum Gasteiger partial charge on any atom is -0.497 e. The Bertz CT molecular complexity index is 1030. The topological polar surface area (TPSA) is 67.8 Å². The number of hydrogen-bond donors (Lipinski definition) is 2. The molecule has 1 unspecified atom stereocenters. The second kappa shape index (κ2) is 7.21. The van der Waals surface area contributed by atoms with Gasteiger partial charge in [0.05, 0.1) is 12.7 Å². The van der Waals surface area contributed by atoms with Crippen LogP contribution in [-0.4, -0.2) is 18.2 Å². The van der Waals surface area contributed by atoms with Gasteiger partial charge in [-0.05, 0) is 35.9 Å². The Balaban J connectivity index is 1.79. The Morgan fingerprint density at radius 2 is 1.64 bits per heavy atom. The summed E-state index contributed by atoms with van der Waals surface area (Å²) in [6, 6.07) is 23.3. The molecular formula is C23H19NO4. The Labute approximate surface area is 162 Å². The number of nitrogens with one attached hydrogen (secondary N) is 1. The molecular weight excluding hydrogens is 354 g/mol. The number of cyclic esters (lactones) is 1. The first-order chi connectivity index (χ1) is 13.6. The Hall–Kier alpha value is -3.57. The second-order valence-corrected chi connectivity index (χ2v) is 6.40. The Morgan fingerprint density at radius 1 is 0.964 bits per heavy atom. The molecule has 4 rings (SSSR count).